The van der Waals surface area contributed by atoms with Gasteiger partial charge in [-0.1, -0.05) is 35.3 Å². The molecule has 3 aromatic rings. The molecule has 2 N–H and O–H groups in total. The van der Waals surface area contributed by atoms with Gasteiger partial charge in [-0.15, -0.1) is 0 Å². The molecule has 27 heavy (non-hydrogen) atoms. The summed E-state index contributed by atoms with van der Waals surface area (Å²) in [6.07, 6.45) is 1.37. The third-order valence-corrected chi connectivity index (χ3v) is 6.26. The topological polar surface area (TPSA) is 88.2 Å². The number of fused-ring (bicyclic) bond motifs is 1. The molecule has 1 aromatic heterocycles. The Kier molecular flexibility index (Phi) is 5.84. The Morgan fingerprint density at radius 1 is 1.07 bits per heavy atom. The molecule has 2 aromatic carbocycles. The molecule has 3 rings (SSSR count). The number of rotatable bonds is 6. The normalized spacial score (nSPS) is 11.3. The molecule has 0 saturated heterocycles. The van der Waals surface area contributed by atoms with Gasteiger partial charge in [0.25, 0.3) is 0 Å². The van der Waals surface area contributed by atoms with Crippen LogP contribution in [-0.2, 0) is 14.6 Å². The lowest BCUT2D eigenvalue weighted by molar-refractivity contribution is -0.120. The van der Waals surface area contributed by atoms with Crippen molar-refractivity contribution in [1.82, 2.24) is 10.4 Å². The van der Waals surface area contributed by atoms with Crippen LogP contribution in [0.2, 0.25) is 10.0 Å². The summed E-state index contributed by atoms with van der Waals surface area (Å²) in [5.41, 5.74) is 6.58. The van der Waals surface area contributed by atoms with Crippen LogP contribution in [0.25, 0.3) is 10.9 Å². The lowest BCUT2D eigenvalue weighted by Gasteiger charge is -2.11. The molecule has 140 valence electrons. The van der Waals surface area contributed by atoms with Gasteiger partial charge in [-0.25, -0.2) is 8.42 Å². The lowest BCUT2D eigenvalue weighted by Crippen LogP contribution is -2.31. The van der Waals surface area contributed by atoms with Gasteiger partial charge >= 0.3 is 0 Å². The molecule has 0 saturated carbocycles. The second-order valence-corrected chi connectivity index (χ2v) is 8.61. The number of hydrogen-bond donors (Lipinski definition) is 2. The Balaban J connectivity index is 1.63. The van der Waals surface area contributed by atoms with Crippen molar-refractivity contribution < 1.29 is 13.2 Å². The van der Waals surface area contributed by atoms with Crippen molar-refractivity contribution in [2.24, 2.45) is 0 Å². The van der Waals surface area contributed by atoms with Crippen LogP contribution in [0, 0.1) is 0 Å². The quantitative estimate of drug-likeness (QED) is 0.587. The molecule has 0 aliphatic rings. The molecular formula is C18H15Cl2N3O3S. The van der Waals surface area contributed by atoms with Gasteiger partial charge in [0.05, 0.1) is 26.9 Å². The maximum atomic E-state index is 12.3. The maximum Gasteiger partial charge on any atom is 0.239 e. The summed E-state index contributed by atoms with van der Waals surface area (Å²) >= 11 is 11.9. The van der Waals surface area contributed by atoms with E-state index in [1.165, 1.54) is 12.1 Å². The Labute approximate surface area is 166 Å². The number of halogens is 2. The van der Waals surface area contributed by atoms with Crippen LogP contribution in [0.3, 0.4) is 0 Å². The van der Waals surface area contributed by atoms with Crippen molar-refractivity contribution in [3.8, 4) is 0 Å². The van der Waals surface area contributed by atoms with Gasteiger partial charge < -0.3 is 0 Å². The van der Waals surface area contributed by atoms with E-state index in [2.05, 4.69) is 15.8 Å². The van der Waals surface area contributed by atoms with Crippen LogP contribution in [0.4, 0.5) is 5.69 Å². The lowest BCUT2D eigenvalue weighted by atomic mass is 10.2. The molecule has 0 bridgehead atoms. The number of nitrogens with one attached hydrogen (secondary N) is 2. The summed E-state index contributed by atoms with van der Waals surface area (Å²) in [5.74, 6) is -0.818. The molecule has 1 amide bonds. The third kappa shape index (κ3) is 4.68. The highest BCUT2D eigenvalue weighted by atomic mass is 35.5. The van der Waals surface area contributed by atoms with E-state index in [4.69, 9.17) is 23.2 Å². The van der Waals surface area contributed by atoms with E-state index in [1.807, 2.05) is 0 Å². The average molecular weight is 424 g/mol. The average Bonchev–Trinajstić information content (AvgIpc) is 2.64. The fourth-order valence-corrected chi connectivity index (χ4v) is 4.44. The molecule has 0 fully saturated rings. The predicted molar refractivity (Wildman–Crippen MR) is 107 cm³/mol. The Morgan fingerprint density at radius 2 is 1.85 bits per heavy atom. The number of sulfone groups is 1. The third-order valence-electron chi connectivity index (χ3n) is 3.81. The van der Waals surface area contributed by atoms with Gasteiger partial charge in [0.15, 0.2) is 9.84 Å². The van der Waals surface area contributed by atoms with Crippen LogP contribution in [0.5, 0.6) is 0 Å². The molecule has 9 heteroatoms. The standard InChI is InChI=1S/C18H15Cl2N3O3S/c19-12-5-6-13-15(7-9-21-16(13)11-12)22-23-18(24)8-10-27(25,26)17-4-2-1-3-14(17)20/h1-7,9,11H,8,10H2,(H,21,22)(H,23,24). The van der Waals surface area contributed by atoms with Crippen LogP contribution < -0.4 is 10.9 Å². The van der Waals surface area contributed by atoms with Crippen molar-refractivity contribution in [2.75, 3.05) is 11.2 Å². The number of carbonyl (C=O) groups excluding carboxylic acids is 1. The van der Waals surface area contributed by atoms with Crippen molar-refractivity contribution in [3.63, 3.8) is 0 Å². The number of pyridine rings is 1. The fourth-order valence-electron chi connectivity index (χ4n) is 2.46. The molecule has 1 heterocycles. The highest BCUT2D eigenvalue weighted by molar-refractivity contribution is 7.91. The first kappa shape index (κ1) is 19.4. The van der Waals surface area contributed by atoms with Gasteiger partial charge in [0.2, 0.25) is 5.91 Å². The predicted octanol–water partition coefficient (Wildman–Crippen LogP) is 3.85. The maximum absolute atomic E-state index is 12.3. The Hall–Kier alpha value is -2.35. The Bertz CT molecular complexity index is 1100. The second kappa shape index (κ2) is 8.12. The van der Waals surface area contributed by atoms with Crippen molar-refractivity contribution in [1.29, 1.82) is 0 Å². The first-order valence-electron chi connectivity index (χ1n) is 7.93. The van der Waals surface area contributed by atoms with E-state index in [1.54, 1.807) is 42.6 Å². The molecule has 0 aliphatic heterocycles. The first-order chi connectivity index (χ1) is 12.9. The molecule has 0 atom stereocenters. The van der Waals surface area contributed by atoms with Crippen molar-refractivity contribution >= 4 is 55.5 Å². The summed E-state index contributed by atoms with van der Waals surface area (Å²) in [6, 6.07) is 13.0. The summed E-state index contributed by atoms with van der Waals surface area (Å²) in [5, 5.41) is 1.46. The zero-order chi connectivity index (χ0) is 19.4. The fraction of sp³-hybridized carbons (Fsp3) is 0.111. The molecule has 6 nitrogen and oxygen atoms in total. The van der Waals surface area contributed by atoms with Gasteiger partial charge in [-0.2, -0.15) is 0 Å². The molecular weight excluding hydrogens is 409 g/mol. The van der Waals surface area contributed by atoms with E-state index in [0.717, 1.165) is 5.39 Å². The van der Waals surface area contributed by atoms with Crippen LogP contribution in [-0.4, -0.2) is 25.1 Å². The number of benzene rings is 2. The number of amides is 1. The number of anilines is 1. The highest BCUT2D eigenvalue weighted by Crippen LogP contribution is 2.24. The van der Waals surface area contributed by atoms with Crippen LogP contribution in [0.15, 0.2) is 59.6 Å². The smallest absolute Gasteiger partial charge is 0.239 e. The van der Waals surface area contributed by atoms with Gasteiger partial charge in [-0.05, 0) is 36.4 Å². The van der Waals surface area contributed by atoms with Crippen molar-refractivity contribution in [2.45, 2.75) is 11.3 Å². The van der Waals surface area contributed by atoms with Gasteiger partial charge in [0.1, 0.15) is 0 Å². The molecule has 0 aliphatic carbocycles. The summed E-state index contributed by atoms with van der Waals surface area (Å²) in [7, 11) is -3.65. The number of hydrazine groups is 1. The largest absolute Gasteiger partial charge is 0.298 e. The van der Waals surface area contributed by atoms with E-state index < -0.39 is 15.7 Å². The summed E-state index contributed by atoms with van der Waals surface area (Å²) in [4.78, 5) is 16.3. The van der Waals surface area contributed by atoms with Crippen LogP contribution >= 0.6 is 23.2 Å². The summed E-state index contributed by atoms with van der Waals surface area (Å²) in [6.45, 7) is 0. The SMILES string of the molecule is O=C(CCS(=O)(=O)c1ccccc1Cl)NNc1ccnc2cc(Cl)ccc12. The number of nitrogens with zero attached hydrogens (tertiary/aromatic N) is 1. The molecule has 0 radical (unpaired) electrons. The minimum atomic E-state index is -3.65. The van der Waals surface area contributed by atoms with Crippen LogP contribution in [0.1, 0.15) is 6.42 Å². The minimum absolute atomic E-state index is 0.0180. The minimum Gasteiger partial charge on any atom is -0.298 e. The summed E-state index contributed by atoms with van der Waals surface area (Å²) < 4.78 is 24.7. The van der Waals surface area contributed by atoms with E-state index >= 15 is 0 Å². The Morgan fingerprint density at radius 3 is 2.63 bits per heavy atom. The highest BCUT2D eigenvalue weighted by Gasteiger charge is 2.19. The van der Waals surface area contributed by atoms with E-state index in [0.29, 0.717) is 16.2 Å². The molecule has 0 unspecified atom stereocenters. The van der Waals surface area contributed by atoms with E-state index in [-0.39, 0.29) is 22.1 Å². The van der Waals surface area contributed by atoms with E-state index in [9.17, 15) is 13.2 Å². The van der Waals surface area contributed by atoms with Gasteiger partial charge in [-0.3, -0.25) is 20.6 Å². The second-order valence-electron chi connectivity index (χ2n) is 5.69. The number of carbonyl (C=O) groups is 1. The number of aromatic nitrogens is 1. The monoisotopic (exact) mass is 423 g/mol. The zero-order valence-electron chi connectivity index (χ0n) is 13.9. The zero-order valence-corrected chi connectivity index (χ0v) is 16.3. The van der Waals surface area contributed by atoms with Crippen molar-refractivity contribution in [3.05, 3.63) is 64.8 Å². The molecule has 0 spiro atoms. The first-order valence-corrected chi connectivity index (χ1v) is 10.3. The number of hydrogen-bond acceptors (Lipinski definition) is 5. The van der Waals surface area contributed by atoms with Gasteiger partial charge in [0, 0.05) is 23.0 Å².